The molecule has 0 spiro atoms. The van der Waals surface area contributed by atoms with E-state index in [0.29, 0.717) is 16.6 Å². The average molecular weight is 401 g/mol. The van der Waals surface area contributed by atoms with E-state index in [1.807, 2.05) is 0 Å². The maximum atomic E-state index is 12.3. The van der Waals surface area contributed by atoms with Crippen LogP contribution in [-0.2, 0) is 10.3 Å². The highest BCUT2D eigenvalue weighted by Crippen LogP contribution is 2.22. The van der Waals surface area contributed by atoms with Crippen LogP contribution in [0.25, 0.3) is 0 Å². The minimum Gasteiger partial charge on any atom is -0.342 e. The van der Waals surface area contributed by atoms with Crippen molar-refractivity contribution in [3.63, 3.8) is 0 Å². The van der Waals surface area contributed by atoms with Gasteiger partial charge in [-0.1, -0.05) is 5.16 Å². The van der Waals surface area contributed by atoms with Crippen LogP contribution in [-0.4, -0.2) is 28.0 Å². The molecule has 2 N–H and O–H groups in total. The van der Waals surface area contributed by atoms with Gasteiger partial charge in [-0.15, -0.1) is 11.3 Å². The second-order valence-electron chi connectivity index (χ2n) is 5.55. The summed E-state index contributed by atoms with van der Waals surface area (Å²) >= 11 is 4.60. The van der Waals surface area contributed by atoms with Gasteiger partial charge in [-0.05, 0) is 48.8 Å². The van der Waals surface area contributed by atoms with Gasteiger partial charge in [0.15, 0.2) is 5.82 Å². The summed E-state index contributed by atoms with van der Waals surface area (Å²) < 4.78 is 5.79. The number of carbonyl (C=O) groups excluding carboxylic acids is 2. The van der Waals surface area contributed by atoms with Crippen LogP contribution in [0.3, 0.4) is 0 Å². The van der Waals surface area contributed by atoms with Gasteiger partial charge in [0.1, 0.15) is 6.04 Å². The summed E-state index contributed by atoms with van der Waals surface area (Å²) in [5.41, 5.74) is -0.806. The molecule has 0 saturated carbocycles. The molecular weight excluding hydrogens is 384 g/mol. The van der Waals surface area contributed by atoms with Gasteiger partial charge in [0.05, 0.1) is 14.2 Å². The molecule has 0 aliphatic heterocycles. The second kappa shape index (κ2) is 6.79. The molecular formula is C14H17BrN4O3S. The molecule has 2 heterocycles. The first kappa shape index (κ1) is 17.6. The molecule has 2 aromatic heterocycles. The van der Waals surface area contributed by atoms with Crippen LogP contribution in [0.2, 0.25) is 0 Å². The Morgan fingerprint density at radius 1 is 1.39 bits per heavy atom. The first-order valence-electron chi connectivity index (χ1n) is 6.88. The standard InChI is InChI=1S/C14H17BrN4O3S/c1-7(16-12(21)9-5-6-10(15)23-9)11(20)18-14(3,4)13-17-8(2)22-19-13/h5-7H,1-4H3,(H,16,21)(H,18,20). The number of nitrogens with one attached hydrogen (secondary N) is 2. The van der Waals surface area contributed by atoms with Crippen LogP contribution < -0.4 is 10.6 Å². The summed E-state index contributed by atoms with van der Waals surface area (Å²) in [5, 5.41) is 9.29. The fourth-order valence-electron chi connectivity index (χ4n) is 1.79. The number of thiophene rings is 1. The van der Waals surface area contributed by atoms with E-state index in [0.717, 1.165) is 3.79 Å². The highest BCUT2D eigenvalue weighted by Gasteiger charge is 2.30. The van der Waals surface area contributed by atoms with Crippen molar-refractivity contribution in [2.24, 2.45) is 0 Å². The summed E-state index contributed by atoms with van der Waals surface area (Å²) in [7, 11) is 0. The Bertz CT molecular complexity index is 725. The summed E-state index contributed by atoms with van der Waals surface area (Å²) in [6.07, 6.45) is 0. The first-order valence-corrected chi connectivity index (χ1v) is 8.49. The Balaban J connectivity index is 1.98. The number of aromatic nitrogens is 2. The molecule has 0 bridgehead atoms. The fraction of sp³-hybridized carbons (Fsp3) is 0.429. The molecule has 0 aromatic carbocycles. The van der Waals surface area contributed by atoms with E-state index in [4.69, 9.17) is 4.52 Å². The second-order valence-corrected chi connectivity index (χ2v) is 8.01. The zero-order valence-electron chi connectivity index (χ0n) is 13.1. The number of nitrogens with zero attached hydrogens (tertiary/aromatic N) is 2. The molecule has 0 aliphatic rings. The normalized spacial score (nSPS) is 12.7. The van der Waals surface area contributed by atoms with Crippen molar-refractivity contribution >= 4 is 39.1 Å². The lowest BCUT2D eigenvalue weighted by Gasteiger charge is -2.24. The Hall–Kier alpha value is -1.74. The lowest BCUT2D eigenvalue weighted by molar-refractivity contribution is -0.124. The predicted molar refractivity (Wildman–Crippen MR) is 89.2 cm³/mol. The number of rotatable bonds is 5. The number of halogens is 1. The summed E-state index contributed by atoms with van der Waals surface area (Å²) in [4.78, 5) is 29.0. The van der Waals surface area contributed by atoms with Gasteiger partial charge in [0.2, 0.25) is 11.8 Å². The van der Waals surface area contributed by atoms with Gasteiger partial charge in [-0.25, -0.2) is 0 Å². The third-order valence-electron chi connectivity index (χ3n) is 3.06. The van der Waals surface area contributed by atoms with Crippen LogP contribution in [0.15, 0.2) is 20.4 Å². The van der Waals surface area contributed by atoms with Gasteiger partial charge < -0.3 is 15.2 Å². The van der Waals surface area contributed by atoms with E-state index in [1.165, 1.54) is 11.3 Å². The molecule has 2 amide bonds. The average Bonchev–Trinajstić information content (AvgIpc) is 3.07. The molecule has 7 nitrogen and oxygen atoms in total. The number of hydrogen-bond acceptors (Lipinski definition) is 6. The van der Waals surface area contributed by atoms with E-state index >= 15 is 0 Å². The van der Waals surface area contributed by atoms with Crippen molar-refractivity contribution in [2.75, 3.05) is 0 Å². The fourth-order valence-corrected chi connectivity index (χ4v) is 3.08. The van der Waals surface area contributed by atoms with E-state index in [9.17, 15) is 9.59 Å². The smallest absolute Gasteiger partial charge is 0.262 e. The minimum atomic E-state index is -0.806. The van der Waals surface area contributed by atoms with Crippen molar-refractivity contribution in [1.82, 2.24) is 20.8 Å². The van der Waals surface area contributed by atoms with E-state index < -0.39 is 11.6 Å². The van der Waals surface area contributed by atoms with Crippen molar-refractivity contribution in [1.29, 1.82) is 0 Å². The zero-order chi connectivity index (χ0) is 17.2. The van der Waals surface area contributed by atoms with Crippen LogP contribution >= 0.6 is 27.3 Å². The predicted octanol–water partition coefficient (Wildman–Crippen LogP) is 2.37. The summed E-state index contributed by atoms with van der Waals surface area (Å²) in [6, 6.07) is 2.78. The van der Waals surface area contributed by atoms with Crippen LogP contribution in [0.4, 0.5) is 0 Å². The highest BCUT2D eigenvalue weighted by molar-refractivity contribution is 9.11. The zero-order valence-corrected chi connectivity index (χ0v) is 15.5. The SMILES string of the molecule is Cc1nc(C(C)(C)NC(=O)C(C)NC(=O)c2ccc(Br)s2)no1. The van der Waals surface area contributed by atoms with Crippen molar-refractivity contribution in [3.8, 4) is 0 Å². The lowest BCUT2D eigenvalue weighted by Crippen LogP contribution is -2.51. The van der Waals surface area contributed by atoms with E-state index in [2.05, 4.69) is 36.7 Å². The van der Waals surface area contributed by atoms with Crippen molar-refractivity contribution < 1.29 is 14.1 Å². The van der Waals surface area contributed by atoms with Gasteiger partial charge in [0, 0.05) is 6.92 Å². The largest absolute Gasteiger partial charge is 0.342 e. The molecule has 0 fully saturated rings. The van der Waals surface area contributed by atoms with Crippen LogP contribution in [0.5, 0.6) is 0 Å². The third kappa shape index (κ3) is 4.38. The molecule has 124 valence electrons. The van der Waals surface area contributed by atoms with Gasteiger partial charge in [-0.3, -0.25) is 9.59 Å². The molecule has 1 atom stereocenters. The Morgan fingerprint density at radius 3 is 2.61 bits per heavy atom. The van der Waals surface area contributed by atoms with Crippen LogP contribution in [0, 0.1) is 6.92 Å². The number of carbonyl (C=O) groups is 2. The van der Waals surface area contributed by atoms with Crippen LogP contribution in [0.1, 0.15) is 42.2 Å². The Kier molecular flexibility index (Phi) is 5.20. The quantitative estimate of drug-likeness (QED) is 0.802. The molecule has 2 rings (SSSR count). The summed E-state index contributed by atoms with van der Waals surface area (Å²) in [5.74, 6) is 0.175. The number of amides is 2. The lowest BCUT2D eigenvalue weighted by atomic mass is 10.0. The molecule has 9 heteroatoms. The molecule has 2 aromatic rings. The molecule has 0 saturated heterocycles. The topological polar surface area (TPSA) is 97.1 Å². The molecule has 23 heavy (non-hydrogen) atoms. The van der Waals surface area contributed by atoms with Crippen molar-refractivity contribution in [3.05, 3.63) is 32.5 Å². The van der Waals surface area contributed by atoms with E-state index in [1.54, 1.807) is 39.8 Å². The van der Waals surface area contributed by atoms with Crippen molar-refractivity contribution in [2.45, 2.75) is 39.3 Å². The number of aryl methyl sites for hydroxylation is 1. The Labute approximate surface area is 146 Å². The first-order chi connectivity index (χ1) is 10.7. The monoisotopic (exact) mass is 400 g/mol. The summed E-state index contributed by atoms with van der Waals surface area (Å²) in [6.45, 7) is 6.82. The minimum absolute atomic E-state index is 0.295. The maximum Gasteiger partial charge on any atom is 0.262 e. The number of hydrogen-bond donors (Lipinski definition) is 2. The van der Waals surface area contributed by atoms with Gasteiger partial charge >= 0.3 is 0 Å². The highest BCUT2D eigenvalue weighted by atomic mass is 79.9. The molecule has 0 aliphatic carbocycles. The molecule has 1 unspecified atom stereocenters. The molecule has 0 radical (unpaired) electrons. The Morgan fingerprint density at radius 2 is 2.09 bits per heavy atom. The van der Waals surface area contributed by atoms with E-state index in [-0.39, 0.29) is 11.8 Å². The third-order valence-corrected chi connectivity index (χ3v) is 4.68. The van der Waals surface area contributed by atoms with Gasteiger partial charge in [0.25, 0.3) is 5.91 Å². The maximum absolute atomic E-state index is 12.3. The van der Waals surface area contributed by atoms with Gasteiger partial charge in [-0.2, -0.15) is 4.98 Å².